The van der Waals surface area contributed by atoms with Gasteiger partial charge in [-0.25, -0.2) is 16.8 Å². The van der Waals surface area contributed by atoms with Crippen molar-refractivity contribution < 1.29 is 47.7 Å². The highest BCUT2D eigenvalue weighted by molar-refractivity contribution is 8.05. The molecular formula is C9H8F6N3O4S2+. The van der Waals surface area contributed by atoms with Crippen molar-refractivity contribution in [2.75, 3.05) is 0 Å². The van der Waals surface area contributed by atoms with Crippen LogP contribution in [0.5, 0.6) is 0 Å². The summed E-state index contributed by atoms with van der Waals surface area (Å²) in [6, 6.07) is 7.77. The quantitative estimate of drug-likeness (QED) is 0.596. The number of aromatic nitrogens is 1. The summed E-state index contributed by atoms with van der Waals surface area (Å²) in [6.07, 6.45) is 3.73. The van der Waals surface area contributed by atoms with Crippen molar-refractivity contribution in [3.8, 4) is 6.07 Å². The van der Waals surface area contributed by atoms with E-state index in [2.05, 4.69) is 0 Å². The molecule has 0 saturated carbocycles. The Morgan fingerprint density at radius 1 is 0.875 bits per heavy atom. The third-order valence-electron chi connectivity index (χ3n) is 1.86. The Kier molecular flexibility index (Phi) is 7.15. The first kappa shape index (κ1) is 22.1. The van der Waals surface area contributed by atoms with Crippen LogP contribution in [0.2, 0.25) is 0 Å². The standard InChI is InChI=1S/C7H7N2.C2HF6NO4S2/c8-4-7-9-5-2-1-3-6-9;3-1(4,5)14(10,11)9-15(12,13)2(6,7)8/h1-3,5-6H,7H2;9H/q+1;. The first-order chi connectivity index (χ1) is 10.6. The molecule has 0 bridgehead atoms. The Bertz CT molecular complexity index is 739. The molecule has 1 rings (SSSR count). The molecule has 0 saturated heterocycles. The second-order valence-electron chi connectivity index (χ2n) is 3.69. The Balaban J connectivity index is 0.000000496. The summed E-state index contributed by atoms with van der Waals surface area (Å²) in [4.78, 5) is 0. The SMILES string of the molecule is N#CC[n+]1ccccc1.O=S(=O)(NS(=O)(=O)C(F)(F)F)C(F)(F)F. The van der Waals surface area contributed by atoms with Gasteiger partial charge in [-0.3, -0.25) is 0 Å². The lowest BCUT2D eigenvalue weighted by Gasteiger charge is -2.11. The lowest BCUT2D eigenvalue weighted by atomic mass is 10.5. The molecule has 0 radical (unpaired) electrons. The maximum Gasteiger partial charge on any atom is 0.512 e. The van der Waals surface area contributed by atoms with Crippen molar-refractivity contribution in [2.45, 2.75) is 17.6 Å². The van der Waals surface area contributed by atoms with E-state index in [0.717, 1.165) is 0 Å². The summed E-state index contributed by atoms with van der Waals surface area (Å²) in [7, 11) is -13.2. The maximum absolute atomic E-state index is 11.5. The number of nitrogens with zero attached hydrogens (tertiary/aromatic N) is 2. The van der Waals surface area contributed by atoms with Crippen LogP contribution in [-0.4, -0.2) is 27.9 Å². The van der Waals surface area contributed by atoms with Gasteiger partial charge in [0.2, 0.25) is 6.54 Å². The van der Waals surface area contributed by atoms with Crippen molar-refractivity contribution in [1.82, 2.24) is 4.13 Å². The van der Waals surface area contributed by atoms with Gasteiger partial charge in [-0.05, 0) is 0 Å². The van der Waals surface area contributed by atoms with Crippen LogP contribution in [0.1, 0.15) is 0 Å². The van der Waals surface area contributed by atoms with Gasteiger partial charge in [-0.1, -0.05) is 10.2 Å². The van der Waals surface area contributed by atoms with E-state index in [1.165, 1.54) is 0 Å². The molecule has 24 heavy (non-hydrogen) atoms. The van der Waals surface area contributed by atoms with Crippen LogP contribution in [0.15, 0.2) is 30.6 Å². The molecule has 0 aliphatic heterocycles. The van der Waals surface area contributed by atoms with Crippen LogP contribution in [-0.2, 0) is 26.6 Å². The minimum Gasteiger partial charge on any atom is -0.202 e. The first-order valence-corrected chi connectivity index (χ1v) is 8.33. The summed E-state index contributed by atoms with van der Waals surface area (Å²) in [5.41, 5.74) is -12.3. The third kappa shape index (κ3) is 6.68. The van der Waals surface area contributed by atoms with Gasteiger partial charge in [0, 0.05) is 12.1 Å². The van der Waals surface area contributed by atoms with Gasteiger partial charge in [-0.2, -0.15) is 36.2 Å². The number of alkyl halides is 6. The molecule has 1 N–H and O–H groups in total. The van der Waals surface area contributed by atoms with Crippen LogP contribution in [0.4, 0.5) is 26.3 Å². The zero-order valence-corrected chi connectivity index (χ0v) is 12.8. The summed E-state index contributed by atoms with van der Waals surface area (Å²) < 4.78 is 110. The molecular weight excluding hydrogens is 392 g/mol. The molecule has 0 aliphatic carbocycles. The first-order valence-electron chi connectivity index (χ1n) is 5.36. The molecule has 0 atom stereocenters. The number of nitriles is 1. The molecule has 1 aromatic heterocycles. The van der Waals surface area contributed by atoms with Crippen LogP contribution >= 0.6 is 0 Å². The fraction of sp³-hybridized carbons (Fsp3) is 0.333. The molecule has 0 spiro atoms. The molecule has 0 aliphatic rings. The summed E-state index contributed by atoms with van der Waals surface area (Å²) >= 11 is 0. The van der Waals surface area contributed by atoms with Gasteiger partial charge in [0.05, 0.1) is 0 Å². The number of hydrogen-bond donors (Lipinski definition) is 1. The maximum atomic E-state index is 11.5. The van der Waals surface area contributed by atoms with Crippen LogP contribution < -0.4 is 8.69 Å². The molecule has 136 valence electrons. The molecule has 7 nitrogen and oxygen atoms in total. The zero-order valence-electron chi connectivity index (χ0n) is 11.2. The van der Waals surface area contributed by atoms with E-state index in [1.54, 1.807) is 0 Å². The van der Waals surface area contributed by atoms with E-state index in [-0.39, 0.29) is 0 Å². The number of pyridine rings is 1. The fourth-order valence-corrected chi connectivity index (χ4v) is 2.77. The van der Waals surface area contributed by atoms with Gasteiger partial charge in [-0.15, -0.1) is 0 Å². The highest BCUT2D eigenvalue weighted by atomic mass is 32.3. The normalized spacial score (nSPS) is 12.7. The van der Waals surface area contributed by atoms with Crippen molar-refractivity contribution >= 4 is 20.0 Å². The lowest BCUT2D eigenvalue weighted by molar-refractivity contribution is -0.685. The fourth-order valence-electron chi connectivity index (χ4n) is 0.860. The molecule has 0 fully saturated rings. The van der Waals surface area contributed by atoms with Crippen molar-refractivity contribution in [3.05, 3.63) is 30.6 Å². The average Bonchev–Trinajstić information content (AvgIpc) is 2.37. The minimum atomic E-state index is -6.60. The van der Waals surface area contributed by atoms with E-state index in [9.17, 15) is 43.2 Å². The molecule has 15 heteroatoms. The van der Waals surface area contributed by atoms with Crippen molar-refractivity contribution in [2.24, 2.45) is 0 Å². The summed E-state index contributed by atoms with van der Waals surface area (Å²) in [5.74, 6) is 0. The number of rotatable bonds is 3. The smallest absolute Gasteiger partial charge is 0.202 e. The average molecular weight is 400 g/mol. The Morgan fingerprint density at radius 3 is 1.54 bits per heavy atom. The van der Waals surface area contributed by atoms with Gasteiger partial charge >= 0.3 is 31.1 Å². The lowest BCUT2D eigenvalue weighted by Crippen LogP contribution is -2.45. The number of sulfonamides is 2. The molecule has 1 heterocycles. The highest BCUT2D eigenvalue weighted by Crippen LogP contribution is 2.27. The van der Waals surface area contributed by atoms with E-state index in [1.807, 2.05) is 41.2 Å². The van der Waals surface area contributed by atoms with E-state index in [4.69, 9.17) is 5.26 Å². The number of nitrogens with one attached hydrogen (secondary N) is 1. The van der Waals surface area contributed by atoms with E-state index in [0.29, 0.717) is 6.54 Å². The largest absolute Gasteiger partial charge is 0.512 e. The van der Waals surface area contributed by atoms with Gasteiger partial charge < -0.3 is 0 Å². The van der Waals surface area contributed by atoms with E-state index >= 15 is 0 Å². The molecule has 0 amide bonds. The Hall–Kier alpha value is -1.92. The van der Waals surface area contributed by atoms with E-state index < -0.39 is 35.2 Å². The second kappa shape index (κ2) is 7.77. The highest BCUT2D eigenvalue weighted by Gasteiger charge is 2.55. The second-order valence-corrected chi connectivity index (χ2v) is 7.29. The third-order valence-corrected chi connectivity index (χ3v) is 4.83. The van der Waals surface area contributed by atoms with Crippen LogP contribution in [0.3, 0.4) is 0 Å². The van der Waals surface area contributed by atoms with Crippen LogP contribution in [0.25, 0.3) is 0 Å². The van der Waals surface area contributed by atoms with Crippen LogP contribution in [0, 0.1) is 11.3 Å². The topological polar surface area (TPSA) is 108 Å². The minimum absolute atomic E-state index is 0.431. The molecule has 0 aromatic carbocycles. The number of halogens is 6. The molecule has 0 unspecified atom stereocenters. The van der Waals surface area contributed by atoms with Gasteiger partial charge in [0.25, 0.3) is 0 Å². The van der Waals surface area contributed by atoms with Gasteiger partial charge in [0.15, 0.2) is 12.4 Å². The monoisotopic (exact) mass is 400 g/mol. The summed E-state index contributed by atoms with van der Waals surface area (Å²) in [6.45, 7) is 0.431. The molecule has 1 aromatic rings. The predicted molar refractivity (Wildman–Crippen MR) is 65.3 cm³/mol. The van der Waals surface area contributed by atoms with Crippen molar-refractivity contribution in [1.29, 1.82) is 5.26 Å². The Labute approximate surface area is 132 Å². The van der Waals surface area contributed by atoms with Gasteiger partial charge in [0.1, 0.15) is 6.07 Å². The Morgan fingerprint density at radius 2 is 1.25 bits per heavy atom. The number of hydrogen-bond acceptors (Lipinski definition) is 5. The summed E-state index contributed by atoms with van der Waals surface area (Å²) in [5, 5.41) is 8.25. The van der Waals surface area contributed by atoms with Crippen molar-refractivity contribution in [3.63, 3.8) is 0 Å². The zero-order chi connectivity index (χ0) is 19.2. The predicted octanol–water partition coefficient (Wildman–Crippen LogP) is 0.773.